The van der Waals surface area contributed by atoms with E-state index in [1.54, 1.807) is 4.90 Å². The van der Waals surface area contributed by atoms with Crippen molar-refractivity contribution >= 4 is 17.6 Å². The summed E-state index contributed by atoms with van der Waals surface area (Å²) in [5, 5.41) is 5.68. The maximum atomic E-state index is 12.4. The van der Waals surface area contributed by atoms with Gasteiger partial charge in [0, 0.05) is 43.7 Å². The SMILES string of the molecule is O=C(NCc1ccccc1)NC[C@@H]1CC(=O)N(c2ccc3c(c2)OCO3)C1. The van der Waals surface area contributed by atoms with E-state index in [1.807, 2.05) is 48.5 Å². The lowest BCUT2D eigenvalue weighted by atomic mass is 10.1. The molecule has 2 aliphatic heterocycles. The van der Waals surface area contributed by atoms with Crippen LogP contribution in [0.1, 0.15) is 12.0 Å². The number of anilines is 1. The van der Waals surface area contributed by atoms with Crippen LogP contribution in [0.2, 0.25) is 0 Å². The van der Waals surface area contributed by atoms with Gasteiger partial charge in [-0.3, -0.25) is 4.79 Å². The predicted molar refractivity (Wildman–Crippen MR) is 99.7 cm³/mol. The Morgan fingerprint density at radius 1 is 1.07 bits per heavy atom. The van der Waals surface area contributed by atoms with Crippen LogP contribution in [-0.4, -0.2) is 31.8 Å². The Balaban J connectivity index is 1.27. The van der Waals surface area contributed by atoms with Gasteiger partial charge < -0.3 is 25.0 Å². The second kappa shape index (κ2) is 7.57. The molecule has 4 rings (SSSR count). The van der Waals surface area contributed by atoms with Crippen molar-refractivity contribution in [2.45, 2.75) is 13.0 Å². The number of carbonyl (C=O) groups excluding carboxylic acids is 2. The van der Waals surface area contributed by atoms with E-state index in [2.05, 4.69) is 10.6 Å². The third kappa shape index (κ3) is 3.97. The largest absolute Gasteiger partial charge is 0.454 e. The average molecular weight is 367 g/mol. The van der Waals surface area contributed by atoms with Crippen molar-refractivity contribution in [2.75, 3.05) is 24.8 Å². The summed E-state index contributed by atoms with van der Waals surface area (Å²) < 4.78 is 10.7. The van der Waals surface area contributed by atoms with E-state index in [-0.39, 0.29) is 24.6 Å². The van der Waals surface area contributed by atoms with Gasteiger partial charge in [-0.25, -0.2) is 4.79 Å². The lowest BCUT2D eigenvalue weighted by molar-refractivity contribution is -0.117. The summed E-state index contributed by atoms with van der Waals surface area (Å²) in [6.45, 7) is 1.70. The molecule has 140 valence electrons. The number of nitrogens with zero attached hydrogens (tertiary/aromatic N) is 1. The number of fused-ring (bicyclic) bond motifs is 1. The van der Waals surface area contributed by atoms with Crippen molar-refractivity contribution < 1.29 is 19.1 Å². The number of ether oxygens (including phenoxy) is 2. The zero-order valence-electron chi connectivity index (χ0n) is 14.8. The molecule has 2 heterocycles. The van der Waals surface area contributed by atoms with E-state index in [1.165, 1.54) is 0 Å². The van der Waals surface area contributed by atoms with E-state index in [9.17, 15) is 9.59 Å². The normalized spacial score (nSPS) is 17.9. The van der Waals surface area contributed by atoms with Gasteiger partial charge in [0.2, 0.25) is 12.7 Å². The second-order valence-corrected chi connectivity index (χ2v) is 6.66. The molecular weight excluding hydrogens is 346 g/mol. The molecule has 2 aromatic carbocycles. The lowest BCUT2D eigenvalue weighted by Gasteiger charge is -2.17. The fraction of sp³-hybridized carbons (Fsp3) is 0.300. The van der Waals surface area contributed by atoms with Crippen LogP contribution in [-0.2, 0) is 11.3 Å². The highest BCUT2D eigenvalue weighted by Gasteiger charge is 2.31. The Morgan fingerprint density at radius 3 is 2.74 bits per heavy atom. The number of carbonyl (C=O) groups is 2. The molecule has 2 N–H and O–H groups in total. The molecule has 0 spiro atoms. The first-order valence-electron chi connectivity index (χ1n) is 8.94. The summed E-state index contributed by atoms with van der Waals surface area (Å²) in [4.78, 5) is 26.1. The summed E-state index contributed by atoms with van der Waals surface area (Å²) in [6.07, 6.45) is 0.410. The molecule has 7 nitrogen and oxygen atoms in total. The number of nitrogens with one attached hydrogen (secondary N) is 2. The summed E-state index contributed by atoms with van der Waals surface area (Å²) >= 11 is 0. The van der Waals surface area contributed by atoms with E-state index in [4.69, 9.17) is 9.47 Å². The van der Waals surface area contributed by atoms with Gasteiger partial charge in [0.1, 0.15) is 0 Å². The third-order valence-electron chi connectivity index (χ3n) is 4.72. The van der Waals surface area contributed by atoms with Gasteiger partial charge in [0.25, 0.3) is 0 Å². The van der Waals surface area contributed by atoms with Gasteiger partial charge in [-0.2, -0.15) is 0 Å². The first kappa shape index (κ1) is 17.2. The lowest BCUT2D eigenvalue weighted by Crippen LogP contribution is -2.38. The molecule has 27 heavy (non-hydrogen) atoms. The standard InChI is InChI=1S/C20H21N3O4/c24-19-8-15(11-22-20(25)21-10-14-4-2-1-3-5-14)12-23(19)16-6-7-17-18(9-16)27-13-26-17/h1-7,9,15H,8,10-13H2,(H2,21,22,25)/t15-/m0/s1. The summed E-state index contributed by atoms with van der Waals surface area (Å²) in [5.41, 5.74) is 1.83. The van der Waals surface area contributed by atoms with E-state index in [0.717, 1.165) is 11.3 Å². The zero-order chi connectivity index (χ0) is 18.6. The molecule has 1 saturated heterocycles. The minimum atomic E-state index is -0.229. The van der Waals surface area contributed by atoms with Crippen molar-refractivity contribution in [1.82, 2.24) is 10.6 Å². The topological polar surface area (TPSA) is 79.9 Å². The molecule has 1 atom stereocenters. The fourth-order valence-corrected chi connectivity index (χ4v) is 3.30. The van der Waals surface area contributed by atoms with E-state index < -0.39 is 0 Å². The van der Waals surface area contributed by atoms with Crippen molar-refractivity contribution in [1.29, 1.82) is 0 Å². The fourth-order valence-electron chi connectivity index (χ4n) is 3.30. The van der Waals surface area contributed by atoms with Gasteiger partial charge in [-0.1, -0.05) is 30.3 Å². The van der Waals surface area contributed by atoms with Gasteiger partial charge in [0.05, 0.1) is 0 Å². The Kier molecular flexibility index (Phi) is 4.82. The number of hydrogen-bond acceptors (Lipinski definition) is 4. The predicted octanol–water partition coefficient (Wildman–Crippen LogP) is 2.27. The van der Waals surface area contributed by atoms with Crippen molar-refractivity contribution in [3.05, 3.63) is 54.1 Å². The molecular formula is C20H21N3O4. The smallest absolute Gasteiger partial charge is 0.315 e. The number of urea groups is 1. The molecule has 3 amide bonds. The molecule has 0 unspecified atom stereocenters. The molecule has 0 bridgehead atoms. The van der Waals surface area contributed by atoms with E-state index >= 15 is 0 Å². The summed E-state index contributed by atoms with van der Waals surface area (Å²) in [5.74, 6) is 1.47. The quantitative estimate of drug-likeness (QED) is 0.850. The van der Waals surface area contributed by atoms with Crippen LogP contribution in [0.3, 0.4) is 0 Å². The molecule has 0 aromatic heterocycles. The zero-order valence-corrected chi connectivity index (χ0v) is 14.8. The average Bonchev–Trinajstić information content (AvgIpc) is 3.31. The molecule has 7 heteroatoms. The summed E-state index contributed by atoms with van der Waals surface area (Å²) in [6, 6.07) is 15.0. The van der Waals surface area contributed by atoms with Crippen LogP contribution in [0.4, 0.5) is 10.5 Å². The Hall–Kier alpha value is -3.22. The number of amides is 3. The number of rotatable bonds is 5. The Labute approximate surface area is 157 Å². The summed E-state index contributed by atoms with van der Waals surface area (Å²) in [7, 11) is 0. The monoisotopic (exact) mass is 367 g/mol. The minimum Gasteiger partial charge on any atom is -0.454 e. The molecule has 1 fully saturated rings. The molecule has 0 aliphatic carbocycles. The first-order valence-corrected chi connectivity index (χ1v) is 8.94. The van der Waals surface area contributed by atoms with Crippen molar-refractivity contribution in [3.63, 3.8) is 0 Å². The van der Waals surface area contributed by atoms with Gasteiger partial charge in [0.15, 0.2) is 11.5 Å². The van der Waals surface area contributed by atoms with Crippen molar-refractivity contribution in [3.8, 4) is 11.5 Å². The van der Waals surface area contributed by atoms with Crippen LogP contribution < -0.4 is 25.0 Å². The second-order valence-electron chi connectivity index (χ2n) is 6.66. The van der Waals surface area contributed by atoms with Crippen LogP contribution in [0.25, 0.3) is 0 Å². The number of hydrogen-bond donors (Lipinski definition) is 2. The Bertz CT molecular complexity index is 840. The molecule has 2 aromatic rings. The van der Waals surface area contributed by atoms with Crippen LogP contribution in [0, 0.1) is 5.92 Å². The highest BCUT2D eigenvalue weighted by Crippen LogP contribution is 2.37. The minimum absolute atomic E-state index is 0.0466. The molecule has 0 saturated carbocycles. The molecule has 0 radical (unpaired) electrons. The van der Waals surface area contributed by atoms with Gasteiger partial charge in [-0.05, 0) is 17.7 Å². The Morgan fingerprint density at radius 2 is 1.89 bits per heavy atom. The number of benzene rings is 2. The first-order chi connectivity index (χ1) is 13.2. The maximum absolute atomic E-state index is 12.4. The van der Waals surface area contributed by atoms with Crippen LogP contribution in [0.5, 0.6) is 11.5 Å². The molecule has 2 aliphatic rings. The van der Waals surface area contributed by atoms with Gasteiger partial charge >= 0.3 is 6.03 Å². The van der Waals surface area contributed by atoms with Crippen LogP contribution >= 0.6 is 0 Å². The third-order valence-corrected chi connectivity index (χ3v) is 4.72. The van der Waals surface area contributed by atoms with Crippen LogP contribution in [0.15, 0.2) is 48.5 Å². The van der Waals surface area contributed by atoms with Gasteiger partial charge in [-0.15, -0.1) is 0 Å². The highest BCUT2D eigenvalue weighted by molar-refractivity contribution is 5.96. The maximum Gasteiger partial charge on any atom is 0.315 e. The van der Waals surface area contributed by atoms with E-state index in [0.29, 0.717) is 37.6 Å². The highest BCUT2D eigenvalue weighted by atomic mass is 16.7. The van der Waals surface area contributed by atoms with Crippen molar-refractivity contribution in [2.24, 2.45) is 5.92 Å².